The molecule has 2 N–H and O–H groups in total. The van der Waals surface area contributed by atoms with Crippen LogP contribution in [-0.4, -0.2) is 15.7 Å². The highest BCUT2D eigenvalue weighted by Crippen LogP contribution is 2.24. The van der Waals surface area contributed by atoms with Crippen LogP contribution >= 0.6 is 11.6 Å². The van der Waals surface area contributed by atoms with E-state index < -0.39 is 0 Å². The Bertz CT molecular complexity index is 1130. The predicted octanol–water partition coefficient (Wildman–Crippen LogP) is 3.62. The SMILES string of the molecule is NCCn1ccc2ccc3c(=O)n(Cc4cccc(Cl)c4)ccc3c21. The Labute approximate surface area is 150 Å². The second-order valence-electron chi connectivity index (χ2n) is 6.14. The van der Waals surface area contributed by atoms with E-state index in [0.717, 1.165) is 28.4 Å². The summed E-state index contributed by atoms with van der Waals surface area (Å²) in [5.41, 5.74) is 7.78. The maximum Gasteiger partial charge on any atom is 0.258 e. The summed E-state index contributed by atoms with van der Waals surface area (Å²) in [6.45, 7) is 1.79. The Balaban J connectivity index is 1.86. The second kappa shape index (κ2) is 6.39. The molecule has 0 radical (unpaired) electrons. The average molecular weight is 352 g/mol. The molecule has 0 aliphatic rings. The molecule has 0 atom stereocenters. The number of rotatable bonds is 4. The van der Waals surface area contributed by atoms with Crippen molar-refractivity contribution in [2.75, 3.05) is 6.54 Å². The van der Waals surface area contributed by atoms with Crippen LogP contribution in [0.4, 0.5) is 0 Å². The third kappa shape index (κ3) is 2.84. The van der Waals surface area contributed by atoms with Gasteiger partial charge in [0.1, 0.15) is 0 Å². The van der Waals surface area contributed by atoms with E-state index in [1.807, 2.05) is 54.9 Å². The van der Waals surface area contributed by atoms with Crippen LogP contribution in [0.1, 0.15) is 5.56 Å². The van der Waals surface area contributed by atoms with Crippen molar-refractivity contribution >= 4 is 33.3 Å². The minimum Gasteiger partial charge on any atom is -0.346 e. The van der Waals surface area contributed by atoms with Crippen LogP contribution in [0.2, 0.25) is 5.02 Å². The van der Waals surface area contributed by atoms with Crippen molar-refractivity contribution in [1.82, 2.24) is 9.13 Å². The first-order valence-electron chi connectivity index (χ1n) is 8.23. The lowest BCUT2D eigenvalue weighted by molar-refractivity contribution is 0.736. The Morgan fingerprint density at radius 2 is 1.80 bits per heavy atom. The minimum absolute atomic E-state index is 0.000117. The Hall–Kier alpha value is -2.56. The molecule has 25 heavy (non-hydrogen) atoms. The van der Waals surface area contributed by atoms with Gasteiger partial charge in [0, 0.05) is 46.7 Å². The van der Waals surface area contributed by atoms with Gasteiger partial charge in [0.25, 0.3) is 5.56 Å². The normalized spacial score (nSPS) is 11.4. The molecule has 0 bridgehead atoms. The van der Waals surface area contributed by atoms with Gasteiger partial charge in [0.2, 0.25) is 0 Å². The lowest BCUT2D eigenvalue weighted by atomic mass is 10.1. The fourth-order valence-corrected chi connectivity index (χ4v) is 3.56. The topological polar surface area (TPSA) is 52.9 Å². The van der Waals surface area contributed by atoms with Crippen molar-refractivity contribution in [3.63, 3.8) is 0 Å². The van der Waals surface area contributed by atoms with Crippen molar-refractivity contribution in [3.8, 4) is 0 Å². The van der Waals surface area contributed by atoms with Gasteiger partial charge in [-0.2, -0.15) is 0 Å². The maximum absolute atomic E-state index is 12.9. The summed E-state index contributed by atoms with van der Waals surface area (Å²) in [5, 5.41) is 3.47. The first-order chi connectivity index (χ1) is 12.2. The highest BCUT2D eigenvalue weighted by molar-refractivity contribution is 6.30. The summed E-state index contributed by atoms with van der Waals surface area (Å²) < 4.78 is 3.83. The van der Waals surface area contributed by atoms with E-state index in [-0.39, 0.29) is 5.56 Å². The number of hydrogen-bond donors (Lipinski definition) is 1. The van der Waals surface area contributed by atoms with E-state index in [1.54, 1.807) is 4.57 Å². The summed E-state index contributed by atoms with van der Waals surface area (Å²) in [7, 11) is 0. The van der Waals surface area contributed by atoms with Crippen LogP contribution in [-0.2, 0) is 13.1 Å². The van der Waals surface area contributed by atoms with Crippen LogP contribution in [0.3, 0.4) is 0 Å². The highest BCUT2D eigenvalue weighted by Gasteiger charge is 2.10. The second-order valence-corrected chi connectivity index (χ2v) is 6.58. The van der Waals surface area contributed by atoms with Crippen LogP contribution in [0.5, 0.6) is 0 Å². The number of nitrogens with zero attached hydrogens (tertiary/aromatic N) is 2. The number of pyridine rings is 1. The molecule has 2 aromatic heterocycles. The maximum atomic E-state index is 12.9. The van der Waals surface area contributed by atoms with E-state index in [0.29, 0.717) is 23.5 Å². The molecule has 0 amide bonds. The summed E-state index contributed by atoms with van der Waals surface area (Å²) >= 11 is 6.05. The van der Waals surface area contributed by atoms with Crippen molar-refractivity contribution in [2.45, 2.75) is 13.1 Å². The molecule has 0 saturated carbocycles. The molecular formula is C20H18ClN3O. The molecule has 2 aromatic carbocycles. The Morgan fingerprint density at radius 1 is 0.960 bits per heavy atom. The zero-order valence-electron chi connectivity index (χ0n) is 13.7. The van der Waals surface area contributed by atoms with Gasteiger partial charge < -0.3 is 14.9 Å². The van der Waals surface area contributed by atoms with Crippen LogP contribution in [0, 0.1) is 0 Å². The van der Waals surface area contributed by atoms with Crippen molar-refractivity contribution < 1.29 is 0 Å². The molecule has 0 fully saturated rings. The number of halogens is 1. The average Bonchev–Trinajstić information content (AvgIpc) is 3.01. The highest BCUT2D eigenvalue weighted by atomic mass is 35.5. The molecule has 126 valence electrons. The predicted molar refractivity (Wildman–Crippen MR) is 103 cm³/mol. The van der Waals surface area contributed by atoms with Crippen LogP contribution in [0.25, 0.3) is 21.7 Å². The lowest BCUT2D eigenvalue weighted by Gasteiger charge is -2.10. The fourth-order valence-electron chi connectivity index (χ4n) is 3.35. The molecule has 0 spiro atoms. The Kier molecular flexibility index (Phi) is 4.07. The number of nitrogens with two attached hydrogens (primary N) is 1. The summed E-state index contributed by atoms with van der Waals surface area (Å²) in [6.07, 6.45) is 3.87. The van der Waals surface area contributed by atoms with Gasteiger partial charge in [-0.3, -0.25) is 4.79 Å². The van der Waals surface area contributed by atoms with Gasteiger partial charge >= 0.3 is 0 Å². The van der Waals surface area contributed by atoms with E-state index >= 15 is 0 Å². The first-order valence-corrected chi connectivity index (χ1v) is 8.61. The van der Waals surface area contributed by atoms with E-state index in [9.17, 15) is 4.79 Å². The summed E-state index contributed by atoms with van der Waals surface area (Å²) in [5.74, 6) is 0. The number of benzene rings is 2. The quantitative estimate of drug-likeness (QED) is 0.610. The molecule has 0 aliphatic heterocycles. The zero-order chi connectivity index (χ0) is 17.4. The largest absolute Gasteiger partial charge is 0.346 e. The summed E-state index contributed by atoms with van der Waals surface area (Å²) in [6, 6.07) is 15.5. The molecule has 0 unspecified atom stereocenters. The number of aromatic nitrogens is 2. The zero-order valence-corrected chi connectivity index (χ0v) is 14.4. The van der Waals surface area contributed by atoms with Gasteiger partial charge in [-0.25, -0.2) is 0 Å². The minimum atomic E-state index is -0.000117. The molecule has 4 rings (SSSR count). The van der Waals surface area contributed by atoms with E-state index in [4.69, 9.17) is 17.3 Å². The fraction of sp³-hybridized carbons (Fsp3) is 0.150. The molecule has 4 nitrogen and oxygen atoms in total. The van der Waals surface area contributed by atoms with Crippen LogP contribution in [0.15, 0.2) is 65.7 Å². The van der Waals surface area contributed by atoms with Crippen molar-refractivity contribution in [3.05, 3.63) is 81.9 Å². The Morgan fingerprint density at radius 3 is 2.60 bits per heavy atom. The third-order valence-electron chi connectivity index (χ3n) is 4.49. The molecule has 0 aliphatic carbocycles. The van der Waals surface area contributed by atoms with Gasteiger partial charge in [-0.15, -0.1) is 0 Å². The number of fused-ring (bicyclic) bond motifs is 3. The monoisotopic (exact) mass is 351 g/mol. The number of hydrogen-bond acceptors (Lipinski definition) is 2. The van der Waals surface area contributed by atoms with Gasteiger partial charge in [-0.1, -0.05) is 29.8 Å². The molecular weight excluding hydrogens is 334 g/mol. The third-order valence-corrected chi connectivity index (χ3v) is 4.73. The van der Waals surface area contributed by atoms with Gasteiger partial charge in [-0.05, 0) is 35.9 Å². The van der Waals surface area contributed by atoms with Crippen molar-refractivity contribution in [2.24, 2.45) is 5.73 Å². The smallest absolute Gasteiger partial charge is 0.258 e. The summed E-state index contributed by atoms with van der Waals surface area (Å²) in [4.78, 5) is 12.9. The molecule has 5 heteroatoms. The van der Waals surface area contributed by atoms with E-state index in [2.05, 4.69) is 10.6 Å². The van der Waals surface area contributed by atoms with Gasteiger partial charge in [0.05, 0.1) is 12.1 Å². The molecule has 0 saturated heterocycles. The van der Waals surface area contributed by atoms with E-state index in [1.165, 1.54) is 0 Å². The van der Waals surface area contributed by atoms with Crippen molar-refractivity contribution in [1.29, 1.82) is 0 Å². The standard InChI is InChI=1S/C20H18ClN3O/c21-16-3-1-2-14(12-16)13-24-10-7-17-18(20(24)25)5-4-15-6-9-23(11-8-22)19(15)17/h1-7,9-10,12H,8,11,13,22H2. The van der Waals surface area contributed by atoms with Gasteiger partial charge in [0.15, 0.2) is 0 Å². The molecule has 4 aromatic rings. The lowest BCUT2D eigenvalue weighted by Crippen LogP contribution is -2.20. The van der Waals surface area contributed by atoms with Crippen LogP contribution < -0.4 is 11.3 Å². The first kappa shape index (κ1) is 15.9. The molecule has 2 heterocycles.